The first-order valence-electron chi connectivity index (χ1n) is 6.01. The first-order valence-corrected chi connectivity index (χ1v) is 6.01. The highest BCUT2D eigenvalue weighted by molar-refractivity contribution is 6.01. The Hall–Kier alpha value is -2.62. The lowest BCUT2D eigenvalue weighted by molar-refractivity contribution is -0.134. The molecule has 0 saturated heterocycles. The normalized spacial score (nSPS) is 10.7. The molecule has 0 N–H and O–H groups in total. The molecule has 0 atom stereocenters. The van der Waals surface area contributed by atoms with Crippen LogP contribution < -0.4 is 4.74 Å². The van der Waals surface area contributed by atoms with E-state index in [0.29, 0.717) is 11.1 Å². The minimum absolute atomic E-state index is 0.465. The molecule has 0 saturated carbocycles. The van der Waals surface area contributed by atoms with Crippen LogP contribution >= 0.6 is 0 Å². The highest BCUT2D eigenvalue weighted by atomic mass is 16.5. The van der Waals surface area contributed by atoms with Crippen LogP contribution in [0.25, 0.3) is 16.8 Å². The number of carbonyl (C=O) groups excluding carboxylic acids is 2. The zero-order valence-electron chi connectivity index (χ0n) is 11.3. The van der Waals surface area contributed by atoms with Gasteiger partial charge in [-0.15, -0.1) is 0 Å². The van der Waals surface area contributed by atoms with Crippen molar-refractivity contribution >= 4 is 29.1 Å². The summed E-state index contributed by atoms with van der Waals surface area (Å²) in [5, 5.41) is 1.80. The standard InChI is InChI=1S/C16H14O4/c1-19-13-5-6-14-11(9-13)3-4-12(10-17)15(14)7-8-16(18)20-2/h3-10H,1-2H3/b8-7+. The number of benzene rings is 2. The van der Waals surface area contributed by atoms with Crippen molar-refractivity contribution in [3.63, 3.8) is 0 Å². The number of methoxy groups -OCH3 is 2. The van der Waals surface area contributed by atoms with Gasteiger partial charge in [-0.05, 0) is 34.5 Å². The van der Waals surface area contributed by atoms with E-state index in [2.05, 4.69) is 4.74 Å². The minimum Gasteiger partial charge on any atom is -0.497 e. The molecule has 4 nitrogen and oxygen atoms in total. The molecule has 0 aromatic heterocycles. The third-order valence-corrected chi connectivity index (χ3v) is 3.02. The van der Waals surface area contributed by atoms with Crippen LogP contribution in [0.5, 0.6) is 5.75 Å². The van der Waals surface area contributed by atoms with E-state index in [1.54, 1.807) is 19.3 Å². The van der Waals surface area contributed by atoms with Gasteiger partial charge in [0, 0.05) is 11.6 Å². The summed E-state index contributed by atoms with van der Waals surface area (Å²) < 4.78 is 9.73. The van der Waals surface area contributed by atoms with E-state index in [1.807, 2.05) is 24.3 Å². The van der Waals surface area contributed by atoms with Gasteiger partial charge >= 0.3 is 5.97 Å². The fraction of sp³-hybridized carbons (Fsp3) is 0.125. The van der Waals surface area contributed by atoms with Gasteiger partial charge in [0.25, 0.3) is 0 Å². The molecule has 0 fully saturated rings. The number of esters is 1. The molecule has 4 heteroatoms. The lowest BCUT2D eigenvalue weighted by Gasteiger charge is -2.07. The molecule has 2 aromatic carbocycles. The van der Waals surface area contributed by atoms with Gasteiger partial charge in [0.05, 0.1) is 14.2 Å². The number of carbonyl (C=O) groups is 2. The van der Waals surface area contributed by atoms with Gasteiger partial charge in [0.1, 0.15) is 5.75 Å². The predicted octanol–water partition coefficient (Wildman–Crippen LogP) is 2.85. The van der Waals surface area contributed by atoms with Crippen LogP contribution in [0.2, 0.25) is 0 Å². The van der Waals surface area contributed by atoms with Crippen molar-refractivity contribution in [3.8, 4) is 5.75 Å². The summed E-state index contributed by atoms with van der Waals surface area (Å²) in [6.07, 6.45) is 3.65. The SMILES string of the molecule is COC(=O)/C=C/c1c(C=O)ccc2cc(OC)ccc12. The average Bonchev–Trinajstić information content (AvgIpc) is 2.51. The predicted molar refractivity (Wildman–Crippen MR) is 76.9 cm³/mol. The van der Waals surface area contributed by atoms with Crippen molar-refractivity contribution in [1.29, 1.82) is 0 Å². The van der Waals surface area contributed by atoms with Gasteiger partial charge in [-0.2, -0.15) is 0 Å². The Kier molecular flexibility index (Phi) is 4.15. The summed E-state index contributed by atoms with van der Waals surface area (Å²) in [7, 11) is 2.90. The maximum absolute atomic E-state index is 11.2. The second kappa shape index (κ2) is 6.02. The quantitative estimate of drug-likeness (QED) is 0.487. The number of hydrogen-bond donors (Lipinski definition) is 0. The maximum Gasteiger partial charge on any atom is 0.330 e. The monoisotopic (exact) mass is 270 g/mol. The van der Waals surface area contributed by atoms with E-state index in [4.69, 9.17) is 4.74 Å². The summed E-state index contributed by atoms with van der Waals surface area (Å²) in [4.78, 5) is 22.3. The first kappa shape index (κ1) is 13.8. The second-order valence-corrected chi connectivity index (χ2v) is 4.13. The minimum atomic E-state index is -0.465. The number of hydrogen-bond acceptors (Lipinski definition) is 4. The van der Waals surface area contributed by atoms with E-state index >= 15 is 0 Å². The fourth-order valence-corrected chi connectivity index (χ4v) is 1.98. The molecule has 0 heterocycles. The molecule has 0 bridgehead atoms. The molecule has 0 amide bonds. The lowest BCUT2D eigenvalue weighted by atomic mass is 9.99. The Bertz CT molecular complexity index is 686. The summed E-state index contributed by atoms with van der Waals surface area (Å²) in [6, 6.07) is 9.10. The van der Waals surface area contributed by atoms with Gasteiger partial charge in [0.15, 0.2) is 6.29 Å². The maximum atomic E-state index is 11.2. The number of ether oxygens (including phenoxy) is 2. The molecule has 20 heavy (non-hydrogen) atoms. The summed E-state index contributed by atoms with van der Waals surface area (Å²) in [5.74, 6) is 0.270. The van der Waals surface area contributed by atoms with Crippen LogP contribution in [0, 0.1) is 0 Å². The van der Waals surface area contributed by atoms with Crippen molar-refractivity contribution in [2.24, 2.45) is 0 Å². The van der Waals surface area contributed by atoms with E-state index in [-0.39, 0.29) is 0 Å². The van der Waals surface area contributed by atoms with Gasteiger partial charge in [-0.25, -0.2) is 4.79 Å². The highest BCUT2D eigenvalue weighted by Crippen LogP contribution is 2.26. The lowest BCUT2D eigenvalue weighted by Crippen LogP contribution is -1.95. The Morgan fingerprint density at radius 1 is 1.15 bits per heavy atom. The topological polar surface area (TPSA) is 52.6 Å². The Morgan fingerprint density at radius 2 is 1.95 bits per heavy atom. The van der Waals surface area contributed by atoms with Crippen molar-refractivity contribution in [2.45, 2.75) is 0 Å². The molecule has 0 radical (unpaired) electrons. The van der Waals surface area contributed by atoms with Crippen molar-refractivity contribution in [3.05, 3.63) is 47.5 Å². The van der Waals surface area contributed by atoms with Crippen LogP contribution in [-0.4, -0.2) is 26.5 Å². The van der Waals surface area contributed by atoms with E-state index < -0.39 is 5.97 Å². The Morgan fingerprint density at radius 3 is 2.60 bits per heavy atom. The molecule has 0 aliphatic heterocycles. The van der Waals surface area contributed by atoms with Gasteiger partial charge < -0.3 is 9.47 Å². The zero-order valence-corrected chi connectivity index (χ0v) is 11.3. The van der Waals surface area contributed by atoms with E-state index in [9.17, 15) is 9.59 Å². The molecule has 0 spiro atoms. The van der Waals surface area contributed by atoms with Crippen molar-refractivity contribution in [2.75, 3.05) is 14.2 Å². The van der Waals surface area contributed by atoms with Crippen molar-refractivity contribution in [1.82, 2.24) is 0 Å². The van der Waals surface area contributed by atoms with Crippen LogP contribution in [-0.2, 0) is 9.53 Å². The fourth-order valence-electron chi connectivity index (χ4n) is 1.98. The summed E-state index contributed by atoms with van der Waals surface area (Å²) in [5.41, 5.74) is 1.20. The van der Waals surface area contributed by atoms with Gasteiger partial charge in [-0.3, -0.25) is 4.79 Å². The number of rotatable bonds is 4. The van der Waals surface area contributed by atoms with Crippen LogP contribution in [0.3, 0.4) is 0 Å². The largest absolute Gasteiger partial charge is 0.497 e. The van der Waals surface area contributed by atoms with Gasteiger partial charge in [0.2, 0.25) is 0 Å². The van der Waals surface area contributed by atoms with Crippen LogP contribution in [0.15, 0.2) is 36.4 Å². The van der Waals surface area contributed by atoms with Crippen LogP contribution in [0.4, 0.5) is 0 Å². The molecule has 0 unspecified atom stereocenters. The highest BCUT2D eigenvalue weighted by Gasteiger charge is 2.06. The first-order chi connectivity index (χ1) is 9.69. The Balaban J connectivity index is 2.62. The average molecular weight is 270 g/mol. The molecule has 102 valence electrons. The summed E-state index contributed by atoms with van der Waals surface area (Å²) in [6.45, 7) is 0. The number of fused-ring (bicyclic) bond motifs is 1. The van der Waals surface area contributed by atoms with E-state index in [0.717, 1.165) is 22.8 Å². The second-order valence-electron chi connectivity index (χ2n) is 4.13. The Labute approximate surface area is 116 Å². The van der Waals surface area contributed by atoms with E-state index in [1.165, 1.54) is 13.2 Å². The molecular formula is C16H14O4. The van der Waals surface area contributed by atoms with Crippen LogP contribution in [0.1, 0.15) is 15.9 Å². The molecule has 2 aromatic rings. The molecule has 0 aliphatic rings. The number of aldehydes is 1. The van der Waals surface area contributed by atoms with Crippen molar-refractivity contribution < 1.29 is 19.1 Å². The summed E-state index contributed by atoms with van der Waals surface area (Å²) >= 11 is 0. The third-order valence-electron chi connectivity index (χ3n) is 3.02. The molecule has 2 rings (SSSR count). The zero-order chi connectivity index (χ0) is 14.5. The van der Waals surface area contributed by atoms with Gasteiger partial charge in [-0.1, -0.05) is 18.2 Å². The molecular weight excluding hydrogens is 256 g/mol. The smallest absolute Gasteiger partial charge is 0.330 e. The molecule has 0 aliphatic carbocycles. The third kappa shape index (κ3) is 2.69.